The summed E-state index contributed by atoms with van der Waals surface area (Å²) in [6.07, 6.45) is 1.97. The Morgan fingerprint density at radius 1 is 1.12 bits per heavy atom. The van der Waals surface area contributed by atoms with Crippen LogP contribution in [0, 0.1) is 11.8 Å². The van der Waals surface area contributed by atoms with Crippen molar-refractivity contribution in [2.24, 2.45) is 17.6 Å². The van der Waals surface area contributed by atoms with E-state index in [0.29, 0.717) is 22.9 Å². The number of hydrogen-bond acceptors (Lipinski definition) is 2. The quantitative estimate of drug-likeness (QED) is 0.665. The average molecular weight is 244 g/mol. The van der Waals surface area contributed by atoms with Gasteiger partial charge in [0.1, 0.15) is 0 Å². The molecule has 0 aliphatic carbocycles. The molecule has 0 saturated heterocycles. The SMILES string of the molecule is CCC(CC(N)=S)N(CC(C)C)CC(C)C. The highest BCUT2D eigenvalue weighted by Crippen LogP contribution is 2.14. The Bertz CT molecular complexity index is 192. The van der Waals surface area contributed by atoms with Gasteiger partial charge in [0, 0.05) is 25.6 Å². The molecule has 0 bridgehead atoms. The summed E-state index contributed by atoms with van der Waals surface area (Å²) < 4.78 is 0. The molecule has 0 heterocycles. The van der Waals surface area contributed by atoms with Crippen LogP contribution in [0.25, 0.3) is 0 Å². The van der Waals surface area contributed by atoms with E-state index >= 15 is 0 Å². The summed E-state index contributed by atoms with van der Waals surface area (Å²) in [6.45, 7) is 13.6. The van der Waals surface area contributed by atoms with Gasteiger partial charge in [-0.2, -0.15) is 0 Å². The van der Waals surface area contributed by atoms with E-state index in [1.807, 2.05) is 0 Å². The maximum atomic E-state index is 5.67. The molecule has 0 aromatic heterocycles. The lowest BCUT2D eigenvalue weighted by Gasteiger charge is -2.33. The van der Waals surface area contributed by atoms with Gasteiger partial charge in [0.25, 0.3) is 0 Å². The van der Waals surface area contributed by atoms with Crippen LogP contribution in [-0.2, 0) is 0 Å². The van der Waals surface area contributed by atoms with Crippen LogP contribution in [0.2, 0.25) is 0 Å². The molecule has 0 saturated carbocycles. The fourth-order valence-electron chi connectivity index (χ4n) is 2.07. The molecule has 96 valence electrons. The number of nitrogens with two attached hydrogens (primary N) is 1. The molecular weight excluding hydrogens is 216 g/mol. The third-order valence-electron chi connectivity index (χ3n) is 2.62. The summed E-state index contributed by atoms with van der Waals surface area (Å²) in [5.41, 5.74) is 5.67. The second-order valence-corrected chi connectivity index (χ2v) is 6.00. The van der Waals surface area contributed by atoms with Crippen LogP contribution in [0.5, 0.6) is 0 Å². The van der Waals surface area contributed by atoms with Gasteiger partial charge < -0.3 is 5.73 Å². The molecule has 0 aliphatic rings. The lowest BCUT2D eigenvalue weighted by molar-refractivity contribution is 0.155. The lowest BCUT2D eigenvalue weighted by atomic mass is 10.0. The van der Waals surface area contributed by atoms with E-state index in [1.54, 1.807) is 0 Å². The van der Waals surface area contributed by atoms with E-state index in [-0.39, 0.29) is 0 Å². The topological polar surface area (TPSA) is 29.3 Å². The standard InChI is InChI=1S/C13H28N2S/c1-6-12(7-13(14)16)15(8-10(2)3)9-11(4)5/h10-12H,6-9H2,1-5H3,(H2,14,16). The van der Waals surface area contributed by atoms with E-state index in [0.717, 1.165) is 25.9 Å². The molecule has 1 atom stereocenters. The first-order valence-corrected chi connectivity index (χ1v) is 6.79. The number of hydrogen-bond donors (Lipinski definition) is 1. The molecule has 0 aliphatic heterocycles. The van der Waals surface area contributed by atoms with Crippen molar-refractivity contribution < 1.29 is 0 Å². The summed E-state index contributed by atoms with van der Waals surface area (Å²) in [7, 11) is 0. The van der Waals surface area contributed by atoms with Crippen molar-refractivity contribution >= 4 is 17.2 Å². The van der Waals surface area contributed by atoms with Crippen molar-refractivity contribution in [3.63, 3.8) is 0 Å². The van der Waals surface area contributed by atoms with Crippen molar-refractivity contribution in [1.29, 1.82) is 0 Å². The second-order valence-electron chi connectivity index (χ2n) is 5.47. The predicted octanol–water partition coefficient (Wildman–Crippen LogP) is 3.06. The summed E-state index contributed by atoms with van der Waals surface area (Å²) in [6, 6.07) is 0.516. The highest BCUT2D eigenvalue weighted by Gasteiger charge is 2.19. The third kappa shape index (κ3) is 7.18. The zero-order chi connectivity index (χ0) is 12.7. The van der Waals surface area contributed by atoms with Gasteiger partial charge in [0.15, 0.2) is 0 Å². The third-order valence-corrected chi connectivity index (χ3v) is 2.79. The second kappa shape index (κ2) is 8.02. The summed E-state index contributed by atoms with van der Waals surface area (Å²) >= 11 is 5.04. The maximum Gasteiger partial charge on any atom is 0.0743 e. The van der Waals surface area contributed by atoms with Crippen molar-refractivity contribution in [2.45, 2.75) is 53.5 Å². The van der Waals surface area contributed by atoms with Gasteiger partial charge in [-0.1, -0.05) is 46.8 Å². The molecule has 2 nitrogen and oxygen atoms in total. The van der Waals surface area contributed by atoms with Crippen molar-refractivity contribution in [2.75, 3.05) is 13.1 Å². The fourth-order valence-corrected chi connectivity index (χ4v) is 2.27. The molecular formula is C13H28N2S. The van der Waals surface area contributed by atoms with Gasteiger partial charge in [0.2, 0.25) is 0 Å². The molecule has 3 heteroatoms. The van der Waals surface area contributed by atoms with Crippen molar-refractivity contribution in [3.8, 4) is 0 Å². The minimum absolute atomic E-state index is 0.516. The first-order chi connectivity index (χ1) is 7.36. The van der Waals surface area contributed by atoms with Crippen molar-refractivity contribution in [3.05, 3.63) is 0 Å². The van der Waals surface area contributed by atoms with Gasteiger partial charge >= 0.3 is 0 Å². The van der Waals surface area contributed by atoms with Crippen molar-refractivity contribution in [1.82, 2.24) is 4.90 Å². The van der Waals surface area contributed by atoms with Crippen LogP contribution < -0.4 is 5.73 Å². The first-order valence-electron chi connectivity index (χ1n) is 6.39. The molecule has 2 N–H and O–H groups in total. The molecule has 0 fully saturated rings. The first kappa shape index (κ1) is 15.9. The summed E-state index contributed by atoms with van der Waals surface area (Å²) in [5.74, 6) is 1.39. The number of rotatable bonds is 8. The van der Waals surface area contributed by atoms with Crippen LogP contribution in [0.15, 0.2) is 0 Å². The summed E-state index contributed by atoms with van der Waals surface area (Å²) in [4.78, 5) is 3.19. The Morgan fingerprint density at radius 3 is 1.81 bits per heavy atom. The minimum Gasteiger partial charge on any atom is -0.393 e. The fraction of sp³-hybridized carbons (Fsp3) is 0.923. The van der Waals surface area contributed by atoms with Gasteiger partial charge in [-0.3, -0.25) is 4.90 Å². The van der Waals surface area contributed by atoms with E-state index in [9.17, 15) is 0 Å². The van der Waals surface area contributed by atoms with E-state index in [4.69, 9.17) is 18.0 Å². The summed E-state index contributed by atoms with van der Waals surface area (Å²) in [5, 5.41) is 0. The highest BCUT2D eigenvalue weighted by molar-refractivity contribution is 7.80. The van der Waals surface area contributed by atoms with E-state index in [2.05, 4.69) is 39.5 Å². The van der Waals surface area contributed by atoms with E-state index in [1.165, 1.54) is 0 Å². The number of nitrogens with zero attached hydrogens (tertiary/aromatic N) is 1. The zero-order valence-electron chi connectivity index (χ0n) is 11.5. The van der Waals surface area contributed by atoms with Gasteiger partial charge in [-0.15, -0.1) is 0 Å². The number of thiocarbonyl (C=S) groups is 1. The van der Waals surface area contributed by atoms with Gasteiger partial charge in [-0.25, -0.2) is 0 Å². The monoisotopic (exact) mass is 244 g/mol. The normalized spacial score (nSPS) is 13.8. The zero-order valence-corrected chi connectivity index (χ0v) is 12.3. The van der Waals surface area contributed by atoms with E-state index < -0.39 is 0 Å². The van der Waals surface area contributed by atoms with Crippen LogP contribution in [0.1, 0.15) is 47.5 Å². The molecule has 0 aromatic carbocycles. The van der Waals surface area contributed by atoms with Gasteiger partial charge in [0.05, 0.1) is 4.99 Å². The van der Waals surface area contributed by atoms with Crippen LogP contribution in [-0.4, -0.2) is 29.0 Å². The minimum atomic E-state index is 0.516. The van der Waals surface area contributed by atoms with Crippen LogP contribution in [0.3, 0.4) is 0 Å². The molecule has 0 rings (SSSR count). The Hall–Kier alpha value is -0.150. The largest absolute Gasteiger partial charge is 0.393 e. The van der Waals surface area contributed by atoms with Gasteiger partial charge in [-0.05, 0) is 18.3 Å². The average Bonchev–Trinajstić information content (AvgIpc) is 2.11. The maximum absolute atomic E-state index is 5.67. The Labute approximate surface area is 107 Å². The molecule has 0 aromatic rings. The molecule has 0 radical (unpaired) electrons. The molecule has 0 amide bonds. The molecule has 1 unspecified atom stereocenters. The highest BCUT2D eigenvalue weighted by atomic mass is 32.1. The van der Waals surface area contributed by atoms with Crippen LogP contribution in [0.4, 0.5) is 0 Å². The van der Waals surface area contributed by atoms with Crippen LogP contribution >= 0.6 is 12.2 Å². The molecule has 0 spiro atoms. The Kier molecular flexibility index (Phi) is 7.94. The lowest BCUT2D eigenvalue weighted by Crippen LogP contribution is -2.41. The predicted molar refractivity (Wildman–Crippen MR) is 76.7 cm³/mol. The smallest absolute Gasteiger partial charge is 0.0743 e. The Morgan fingerprint density at radius 2 is 1.56 bits per heavy atom. The molecule has 16 heavy (non-hydrogen) atoms. The Balaban J connectivity index is 4.47.